The molecular formula is C20H19ClN2O2. The van der Waals surface area contributed by atoms with Gasteiger partial charge in [0, 0.05) is 11.5 Å². The van der Waals surface area contributed by atoms with E-state index >= 15 is 0 Å². The lowest BCUT2D eigenvalue weighted by molar-refractivity contribution is -0.116. The van der Waals surface area contributed by atoms with Crippen molar-refractivity contribution in [3.8, 4) is 0 Å². The average Bonchev–Trinajstić information content (AvgIpc) is 2.53. The van der Waals surface area contributed by atoms with Gasteiger partial charge in [-0.3, -0.25) is 14.2 Å². The molecule has 5 heteroatoms. The van der Waals surface area contributed by atoms with Crippen molar-refractivity contribution in [2.24, 2.45) is 0 Å². The number of hydrogen-bond donors (Lipinski definition) is 1. The van der Waals surface area contributed by atoms with Crippen molar-refractivity contribution >= 4 is 34.1 Å². The molecule has 1 amide bonds. The molecule has 3 rings (SSSR count). The number of amides is 1. The molecule has 0 aliphatic carbocycles. The summed E-state index contributed by atoms with van der Waals surface area (Å²) in [6.07, 6.45) is 0. The summed E-state index contributed by atoms with van der Waals surface area (Å²) in [5, 5.41) is 4.22. The third-order valence-electron chi connectivity index (χ3n) is 4.20. The summed E-state index contributed by atoms with van der Waals surface area (Å²) in [5.74, 6) is -0.291. The van der Waals surface area contributed by atoms with Gasteiger partial charge in [-0.1, -0.05) is 35.4 Å². The van der Waals surface area contributed by atoms with Crippen molar-refractivity contribution in [3.05, 3.63) is 74.5 Å². The molecule has 3 aromatic rings. The molecule has 0 bridgehead atoms. The van der Waals surface area contributed by atoms with Crippen LogP contribution in [-0.4, -0.2) is 10.5 Å². The second-order valence-corrected chi connectivity index (χ2v) is 6.66. The number of aromatic nitrogens is 1. The number of carbonyl (C=O) groups excluding carboxylic acids is 1. The first-order chi connectivity index (χ1) is 11.9. The number of benzene rings is 2. The van der Waals surface area contributed by atoms with Crippen molar-refractivity contribution < 1.29 is 4.79 Å². The van der Waals surface area contributed by atoms with Crippen LogP contribution in [0.25, 0.3) is 10.9 Å². The fourth-order valence-electron chi connectivity index (χ4n) is 3.12. The van der Waals surface area contributed by atoms with Crippen LogP contribution >= 0.6 is 11.6 Å². The molecular weight excluding hydrogens is 336 g/mol. The van der Waals surface area contributed by atoms with Crippen molar-refractivity contribution in [1.29, 1.82) is 0 Å². The lowest BCUT2D eigenvalue weighted by Crippen LogP contribution is -2.28. The van der Waals surface area contributed by atoms with E-state index in [-0.39, 0.29) is 18.0 Å². The number of aryl methyl sites for hydroxylation is 3. The maximum atomic E-state index is 12.5. The van der Waals surface area contributed by atoms with Crippen molar-refractivity contribution in [2.45, 2.75) is 27.3 Å². The van der Waals surface area contributed by atoms with Crippen molar-refractivity contribution in [1.82, 2.24) is 4.57 Å². The Bertz CT molecular complexity index is 1040. The molecule has 0 atom stereocenters. The van der Waals surface area contributed by atoms with Gasteiger partial charge < -0.3 is 5.32 Å². The van der Waals surface area contributed by atoms with Crippen LogP contribution in [0.15, 0.2) is 47.3 Å². The van der Waals surface area contributed by atoms with Gasteiger partial charge in [-0.15, -0.1) is 0 Å². The van der Waals surface area contributed by atoms with Gasteiger partial charge in [0.15, 0.2) is 0 Å². The number of nitrogens with zero attached hydrogens (tertiary/aromatic N) is 1. The summed E-state index contributed by atoms with van der Waals surface area (Å²) in [6, 6.07) is 12.7. The predicted octanol–water partition coefficient (Wildman–Crippen LogP) is 4.22. The van der Waals surface area contributed by atoms with Crippen LogP contribution in [0.5, 0.6) is 0 Å². The number of anilines is 1. The van der Waals surface area contributed by atoms with Gasteiger partial charge in [-0.2, -0.15) is 0 Å². The number of fused-ring (bicyclic) bond motifs is 1. The summed E-state index contributed by atoms with van der Waals surface area (Å²) in [6.45, 7) is 5.82. The van der Waals surface area contributed by atoms with Gasteiger partial charge in [0.05, 0.1) is 16.2 Å². The summed E-state index contributed by atoms with van der Waals surface area (Å²) in [7, 11) is 0. The van der Waals surface area contributed by atoms with Gasteiger partial charge in [0.1, 0.15) is 6.54 Å². The second kappa shape index (κ2) is 6.73. The Labute approximate surface area is 151 Å². The van der Waals surface area contributed by atoms with E-state index in [0.29, 0.717) is 10.7 Å². The zero-order valence-electron chi connectivity index (χ0n) is 14.4. The molecule has 0 saturated heterocycles. The molecule has 25 heavy (non-hydrogen) atoms. The molecule has 0 saturated carbocycles. The minimum atomic E-state index is -0.291. The molecule has 0 radical (unpaired) electrons. The third kappa shape index (κ3) is 3.44. The molecule has 0 unspecified atom stereocenters. The predicted molar refractivity (Wildman–Crippen MR) is 103 cm³/mol. The monoisotopic (exact) mass is 354 g/mol. The normalized spacial score (nSPS) is 10.9. The largest absolute Gasteiger partial charge is 0.323 e. The molecule has 0 fully saturated rings. The smallest absolute Gasteiger partial charge is 0.251 e. The van der Waals surface area contributed by atoms with E-state index in [1.54, 1.807) is 30.3 Å². The summed E-state index contributed by atoms with van der Waals surface area (Å²) in [4.78, 5) is 25.0. The van der Waals surface area contributed by atoms with Crippen LogP contribution in [0.2, 0.25) is 5.02 Å². The molecule has 4 nitrogen and oxygen atoms in total. The summed E-state index contributed by atoms with van der Waals surface area (Å²) in [5.41, 5.74) is 4.15. The van der Waals surface area contributed by atoms with Crippen LogP contribution in [0.1, 0.15) is 16.7 Å². The van der Waals surface area contributed by atoms with Crippen LogP contribution < -0.4 is 10.9 Å². The molecule has 2 aromatic carbocycles. The van der Waals surface area contributed by atoms with E-state index in [2.05, 4.69) is 5.32 Å². The Balaban J connectivity index is 2.03. The minimum absolute atomic E-state index is 0.0647. The van der Waals surface area contributed by atoms with Crippen molar-refractivity contribution in [2.75, 3.05) is 5.32 Å². The Morgan fingerprint density at radius 3 is 2.52 bits per heavy atom. The van der Waals surface area contributed by atoms with E-state index < -0.39 is 0 Å². The third-order valence-corrected chi connectivity index (χ3v) is 4.52. The molecule has 1 heterocycles. The Hall–Kier alpha value is -2.59. The first-order valence-electron chi connectivity index (χ1n) is 8.02. The highest BCUT2D eigenvalue weighted by molar-refractivity contribution is 6.33. The van der Waals surface area contributed by atoms with Crippen molar-refractivity contribution in [3.63, 3.8) is 0 Å². The molecule has 0 aliphatic rings. The van der Waals surface area contributed by atoms with Crippen LogP contribution in [-0.2, 0) is 11.3 Å². The summed E-state index contributed by atoms with van der Waals surface area (Å²) >= 11 is 6.08. The minimum Gasteiger partial charge on any atom is -0.323 e. The van der Waals surface area contributed by atoms with E-state index in [9.17, 15) is 9.59 Å². The van der Waals surface area contributed by atoms with Gasteiger partial charge in [-0.05, 0) is 50.1 Å². The number of hydrogen-bond acceptors (Lipinski definition) is 2. The van der Waals surface area contributed by atoms with Gasteiger partial charge in [-0.25, -0.2) is 0 Å². The van der Waals surface area contributed by atoms with E-state index in [4.69, 9.17) is 11.6 Å². The summed E-state index contributed by atoms with van der Waals surface area (Å²) < 4.78 is 1.52. The standard InChI is InChI=1S/C20H19ClN2O2/c1-12-8-14(3)20-15(9-12)13(2)10-19(25)23(20)11-18(24)22-17-7-5-4-6-16(17)21/h4-10H,11H2,1-3H3,(H,22,24). The molecule has 0 spiro atoms. The maximum Gasteiger partial charge on any atom is 0.251 e. The topological polar surface area (TPSA) is 51.1 Å². The highest BCUT2D eigenvalue weighted by Crippen LogP contribution is 2.23. The number of carbonyl (C=O) groups is 1. The molecule has 1 N–H and O–H groups in total. The Kier molecular flexibility index (Phi) is 4.64. The number of rotatable bonds is 3. The van der Waals surface area contributed by atoms with Crippen LogP contribution in [0.4, 0.5) is 5.69 Å². The Morgan fingerprint density at radius 1 is 1.08 bits per heavy atom. The highest BCUT2D eigenvalue weighted by atomic mass is 35.5. The number of para-hydroxylation sites is 1. The number of halogens is 1. The van der Waals surface area contributed by atoms with Crippen LogP contribution in [0, 0.1) is 20.8 Å². The SMILES string of the molecule is Cc1cc(C)c2c(c1)c(C)cc(=O)n2CC(=O)Nc1ccccc1Cl. The Morgan fingerprint density at radius 2 is 1.80 bits per heavy atom. The molecule has 128 valence electrons. The van der Waals surface area contributed by atoms with Crippen LogP contribution in [0.3, 0.4) is 0 Å². The zero-order valence-corrected chi connectivity index (χ0v) is 15.1. The zero-order chi connectivity index (χ0) is 18.1. The van der Waals surface area contributed by atoms with Gasteiger partial charge >= 0.3 is 0 Å². The number of nitrogens with one attached hydrogen (secondary N) is 1. The average molecular weight is 355 g/mol. The lowest BCUT2D eigenvalue weighted by atomic mass is 10.0. The van der Waals surface area contributed by atoms with E-state index in [1.807, 2.05) is 32.9 Å². The first kappa shape index (κ1) is 17.2. The highest BCUT2D eigenvalue weighted by Gasteiger charge is 2.13. The molecule has 0 aliphatic heterocycles. The quantitative estimate of drug-likeness (QED) is 0.765. The fourth-order valence-corrected chi connectivity index (χ4v) is 3.31. The lowest BCUT2D eigenvalue weighted by Gasteiger charge is -2.15. The van der Waals surface area contributed by atoms with Gasteiger partial charge in [0.2, 0.25) is 5.91 Å². The fraction of sp³-hybridized carbons (Fsp3) is 0.200. The number of pyridine rings is 1. The molecule has 1 aromatic heterocycles. The first-order valence-corrected chi connectivity index (χ1v) is 8.40. The van der Waals surface area contributed by atoms with Gasteiger partial charge in [0.25, 0.3) is 5.56 Å². The van der Waals surface area contributed by atoms with E-state index in [1.165, 1.54) is 4.57 Å². The van der Waals surface area contributed by atoms with E-state index in [0.717, 1.165) is 27.6 Å². The second-order valence-electron chi connectivity index (χ2n) is 6.26. The maximum absolute atomic E-state index is 12.5.